The van der Waals surface area contributed by atoms with E-state index in [2.05, 4.69) is 119 Å². The fourth-order valence-electron chi connectivity index (χ4n) is 6.49. The largest absolute Gasteiger partial charge is 0.278 e. The third kappa shape index (κ3) is 3.76. The Morgan fingerprint density at radius 2 is 1.49 bits per heavy atom. The summed E-state index contributed by atoms with van der Waals surface area (Å²) in [6, 6.07) is 30.2. The monoisotopic (exact) mass is 594 g/mol. The first kappa shape index (κ1) is 24.4. The van der Waals surface area contributed by atoms with Gasteiger partial charge in [-0.25, -0.2) is 4.98 Å². The van der Waals surface area contributed by atoms with Crippen LogP contribution < -0.4 is 0 Å². The SMILES string of the molecule is CC1(C)c2ccccc2-c2cc3c4cc(Br)ccc4n(-c4nc(C5=CCCC=C5)nc(-c5ccccc5)n4)c3cc21. The van der Waals surface area contributed by atoms with E-state index in [9.17, 15) is 0 Å². The van der Waals surface area contributed by atoms with Crippen LogP contribution in [0.4, 0.5) is 0 Å². The normalized spacial score (nSPS) is 15.2. The van der Waals surface area contributed by atoms with Crippen molar-refractivity contribution in [3.63, 3.8) is 0 Å². The number of allylic oxidation sites excluding steroid dienone is 4. The van der Waals surface area contributed by atoms with Crippen LogP contribution in [0.5, 0.6) is 0 Å². The minimum atomic E-state index is -0.112. The quantitative estimate of drug-likeness (QED) is 0.205. The van der Waals surface area contributed by atoms with Crippen LogP contribution in [-0.2, 0) is 5.41 Å². The Bertz CT molecular complexity index is 2080. The Balaban J connectivity index is 1.46. The molecule has 0 radical (unpaired) electrons. The molecule has 2 aromatic heterocycles. The molecule has 0 bridgehead atoms. The second kappa shape index (κ2) is 9.08. The first-order valence-corrected chi connectivity index (χ1v) is 14.9. The van der Waals surface area contributed by atoms with E-state index in [-0.39, 0.29) is 5.41 Å². The van der Waals surface area contributed by atoms with Crippen LogP contribution >= 0.6 is 15.9 Å². The van der Waals surface area contributed by atoms with Gasteiger partial charge in [0, 0.05) is 31.8 Å². The van der Waals surface area contributed by atoms with Gasteiger partial charge in [-0.2, -0.15) is 9.97 Å². The molecular formula is C36H27BrN4. The van der Waals surface area contributed by atoms with Gasteiger partial charge in [0.1, 0.15) is 0 Å². The van der Waals surface area contributed by atoms with Crippen LogP contribution in [0, 0.1) is 0 Å². The van der Waals surface area contributed by atoms with Gasteiger partial charge in [0.15, 0.2) is 11.6 Å². The van der Waals surface area contributed by atoms with Crippen molar-refractivity contribution in [2.45, 2.75) is 32.1 Å². The van der Waals surface area contributed by atoms with E-state index in [1.165, 1.54) is 33.0 Å². The molecule has 4 nitrogen and oxygen atoms in total. The number of hydrogen-bond acceptors (Lipinski definition) is 3. The first-order valence-electron chi connectivity index (χ1n) is 14.1. The second-order valence-electron chi connectivity index (χ2n) is 11.4. The molecule has 41 heavy (non-hydrogen) atoms. The number of benzene rings is 4. The van der Waals surface area contributed by atoms with Gasteiger partial charge >= 0.3 is 0 Å². The molecule has 0 unspecified atom stereocenters. The molecule has 0 aliphatic heterocycles. The number of aromatic nitrogens is 4. The maximum absolute atomic E-state index is 5.13. The third-order valence-electron chi connectivity index (χ3n) is 8.54. The molecule has 0 atom stereocenters. The van der Waals surface area contributed by atoms with Crippen molar-refractivity contribution in [1.82, 2.24) is 19.5 Å². The molecule has 0 amide bonds. The van der Waals surface area contributed by atoms with Crippen LogP contribution in [0.25, 0.3) is 55.8 Å². The first-order chi connectivity index (χ1) is 20.0. The minimum Gasteiger partial charge on any atom is -0.278 e. The Kier molecular flexibility index (Phi) is 5.42. The molecule has 8 rings (SSSR count). The summed E-state index contributed by atoms with van der Waals surface area (Å²) in [5, 5.41) is 2.35. The lowest BCUT2D eigenvalue weighted by Crippen LogP contribution is -2.15. The van der Waals surface area contributed by atoms with Crippen molar-refractivity contribution in [3.8, 4) is 28.5 Å². The third-order valence-corrected chi connectivity index (χ3v) is 9.03. The predicted molar refractivity (Wildman–Crippen MR) is 171 cm³/mol. The second-order valence-corrected chi connectivity index (χ2v) is 12.3. The number of rotatable bonds is 3. The predicted octanol–water partition coefficient (Wildman–Crippen LogP) is 9.44. The van der Waals surface area contributed by atoms with Crippen molar-refractivity contribution in [2.24, 2.45) is 0 Å². The van der Waals surface area contributed by atoms with Gasteiger partial charge in [0.2, 0.25) is 5.95 Å². The molecule has 0 N–H and O–H groups in total. The van der Waals surface area contributed by atoms with E-state index < -0.39 is 0 Å². The molecule has 0 saturated carbocycles. The van der Waals surface area contributed by atoms with E-state index in [1.807, 2.05) is 18.2 Å². The number of fused-ring (bicyclic) bond motifs is 6. The number of nitrogens with zero attached hydrogens (tertiary/aromatic N) is 4. The van der Waals surface area contributed by atoms with Crippen molar-refractivity contribution < 1.29 is 0 Å². The molecule has 2 aliphatic rings. The van der Waals surface area contributed by atoms with Crippen LogP contribution in [0.3, 0.4) is 0 Å². The molecule has 0 saturated heterocycles. The van der Waals surface area contributed by atoms with Crippen molar-refractivity contribution in [3.05, 3.63) is 125 Å². The molecule has 6 aromatic rings. The highest BCUT2D eigenvalue weighted by molar-refractivity contribution is 9.10. The van der Waals surface area contributed by atoms with Crippen LogP contribution in [0.1, 0.15) is 43.6 Å². The van der Waals surface area contributed by atoms with E-state index in [4.69, 9.17) is 15.0 Å². The smallest absolute Gasteiger partial charge is 0.238 e. The summed E-state index contributed by atoms with van der Waals surface area (Å²) in [6.07, 6.45) is 8.58. The zero-order valence-corrected chi connectivity index (χ0v) is 24.5. The molecular weight excluding hydrogens is 568 g/mol. The summed E-state index contributed by atoms with van der Waals surface area (Å²) in [6.45, 7) is 4.65. The maximum Gasteiger partial charge on any atom is 0.238 e. The summed E-state index contributed by atoms with van der Waals surface area (Å²) < 4.78 is 3.27. The summed E-state index contributed by atoms with van der Waals surface area (Å²) in [7, 11) is 0. The van der Waals surface area contributed by atoms with Crippen molar-refractivity contribution >= 4 is 43.3 Å². The molecule has 5 heteroatoms. The Labute approximate surface area is 247 Å². The van der Waals surface area contributed by atoms with Gasteiger partial charge < -0.3 is 0 Å². The van der Waals surface area contributed by atoms with Crippen molar-refractivity contribution in [1.29, 1.82) is 0 Å². The summed E-state index contributed by atoms with van der Waals surface area (Å²) >= 11 is 3.73. The highest BCUT2D eigenvalue weighted by Gasteiger charge is 2.36. The topological polar surface area (TPSA) is 43.6 Å². The molecule has 198 valence electrons. The zero-order chi connectivity index (χ0) is 27.7. The van der Waals surface area contributed by atoms with Crippen molar-refractivity contribution in [2.75, 3.05) is 0 Å². The average Bonchev–Trinajstić information content (AvgIpc) is 3.45. The highest BCUT2D eigenvalue weighted by Crippen LogP contribution is 2.51. The fraction of sp³-hybridized carbons (Fsp3) is 0.139. The van der Waals surface area contributed by atoms with Gasteiger partial charge in [-0.1, -0.05) is 103 Å². The molecule has 0 spiro atoms. The van der Waals surface area contributed by atoms with Gasteiger partial charge in [0.05, 0.1) is 11.0 Å². The summed E-state index contributed by atoms with van der Waals surface area (Å²) in [5.41, 5.74) is 9.38. The molecule has 2 aliphatic carbocycles. The van der Waals surface area contributed by atoms with Crippen LogP contribution in [-0.4, -0.2) is 19.5 Å². The molecule has 4 aromatic carbocycles. The Morgan fingerprint density at radius 3 is 2.32 bits per heavy atom. The van der Waals surface area contributed by atoms with Crippen LogP contribution in [0.2, 0.25) is 0 Å². The van der Waals surface area contributed by atoms with Crippen LogP contribution in [0.15, 0.2) is 108 Å². The van der Waals surface area contributed by atoms with E-state index in [1.54, 1.807) is 0 Å². The van der Waals surface area contributed by atoms with Gasteiger partial charge in [-0.3, -0.25) is 4.57 Å². The van der Waals surface area contributed by atoms with Gasteiger partial charge in [0.25, 0.3) is 0 Å². The van der Waals surface area contributed by atoms with Gasteiger partial charge in [-0.15, -0.1) is 0 Å². The fourth-order valence-corrected chi connectivity index (χ4v) is 6.85. The van der Waals surface area contributed by atoms with E-state index in [0.717, 1.165) is 39.5 Å². The molecule has 2 heterocycles. The lowest BCUT2D eigenvalue weighted by Gasteiger charge is -2.21. The number of halogens is 1. The van der Waals surface area contributed by atoms with E-state index >= 15 is 0 Å². The molecule has 0 fully saturated rings. The average molecular weight is 596 g/mol. The zero-order valence-electron chi connectivity index (χ0n) is 22.9. The standard InChI is InChI=1S/C36H27BrN4/c1-36(2)29-16-10-9-15-25(29)26-20-28-27-19-24(37)17-18-31(27)41(32(28)21-30(26)36)35-39-33(22-11-5-3-6-12-22)38-34(40-35)23-13-7-4-8-14-23/h3,5-7,9-21H,4,8H2,1-2H3. The number of hydrogen-bond donors (Lipinski definition) is 0. The van der Waals surface area contributed by atoms with Gasteiger partial charge in [-0.05, 0) is 65.4 Å². The lowest BCUT2D eigenvalue weighted by molar-refractivity contribution is 0.661. The lowest BCUT2D eigenvalue weighted by atomic mass is 9.82. The summed E-state index contributed by atoms with van der Waals surface area (Å²) in [5.74, 6) is 2.00. The summed E-state index contributed by atoms with van der Waals surface area (Å²) in [4.78, 5) is 15.2. The van der Waals surface area contributed by atoms with E-state index in [0.29, 0.717) is 17.6 Å². The maximum atomic E-state index is 5.13. The Hall–Kier alpha value is -4.35. The minimum absolute atomic E-state index is 0.112. The Morgan fingerprint density at radius 1 is 0.707 bits per heavy atom. The highest BCUT2D eigenvalue weighted by atomic mass is 79.9.